The third kappa shape index (κ3) is 2.99. The number of rotatable bonds is 4. The fourth-order valence-electron chi connectivity index (χ4n) is 2.05. The highest BCUT2D eigenvalue weighted by Gasteiger charge is 2.15. The summed E-state index contributed by atoms with van der Waals surface area (Å²) in [6, 6.07) is 5.37. The maximum Gasteiger partial charge on any atom is 0.175 e. The zero-order valence-electron chi connectivity index (χ0n) is 11.6. The number of imidazole rings is 1. The van der Waals surface area contributed by atoms with E-state index in [4.69, 9.17) is 28.9 Å². The molecule has 0 amide bonds. The van der Waals surface area contributed by atoms with Crippen LogP contribution in [-0.2, 0) is 6.54 Å². The first-order chi connectivity index (χ1) is 10.6. The summed E-state index contributed by atoms with van der Waals surface area (Å²) in [6.45, 7) is 2.64. The SMILES string of the molecule is C[CH]Cn1c(Sc2cc(Cl)cc(Cl)c2)nc2c(N)ncnc21. The number of hydrogen-bond acceptors (Lipinski definition) is 5. The van der Waals surface area contributed by atoms with Gasteiger partial charge in [0.05, 0.1) is 0 Å². The van der Waals surface area contributed by atoms with Crippen LogP contribution in [0.4, 0.5) is 5.82 Å². The van der Waals surface area contributed by atoms with Crippen LogP contribution in [-0.4, -0.2) is 19.5 Å². The second kappa shape index (κ2) is 6.32. The molecule has 0 saturated heterocycles. The van der Waals surface area contributed by atoms with Crippen molar-refractivity contribution in [2.75, 3.05) is 5.73 Å². The van der Waals surface area contributed by atoms with E-state index in [9.17, 15) is 0 Å². The Hall–Kier alpha value is -1.50. The first kappa shape index (κ1) is 15.4. The van der Waals surface area contributed by atoms with Crippen LogP contribution in [0.3, 0.4) is 0 Å². The molecule has 0 spiro atoms. The number of fused-ring (bicyclic) bond motifs is 1. The molecular weight excluding hydrogens is 341 g/mol. The molecule has 5 nitrogen and oxygen atoms in total. The molecular formula is C14H12Cl2N5S. The number of benzene rings is 1. The summed E-state index contributed by atoms with van der Waals surface area (Å²) >= 11 is 13.6. The normalized spacial score (nSPS) is 11.2. The largest absolute Gasteiger partial charge is 0.382 e. The van der Waals surface area contributed by atoms with Gasteiger partial charge in [0.2, 0.25) is 0 Å². The van der Waals surface area contributed by atoms with E-state index in [2.05, 4.69) is 15.0 Å². The minimum Gasteiger partial charge on any atom is -0.382 e. The minimum absolute atomic E-state index is 0.367. The molecule has 0 aliphatic heterocycles. The minimum atomic E-state index is 0.367. The van der Waals surface area contributed by atoms with E-state index in [0.29, 0.717) is 33.6 Å². The Balaban J connectivity index is 2.09. The van der Waals surface area contributed by atoms with Crippen LogP contribution in [0, 0.1) is 6.42 Å². The van der Waals surface area contributed by atoms with Gasteiger partial charge in [0.25, 0.3) is 0 Å². The van der Waals surface area contributed by atoms with Gasteiger partial charge in [-0.1, -0.05) is 41.9 Å². The molecule has 113 valence electrons. The molecule has 2 N–H and O–H groups in total. The highest BCUT2D eigenvalue weighted by molar-refractivity contribution is 7.99. The van der Waals surface area contributed by atoms with Crippen molar-refractivity contribution in [3.8, 4) is 0 Å². The van der Waals surface area contributed by atoms with Gasteiger partial charge in [-0.15, -0.1) is 0 Å². The predicted molar refractivity (Wildman–Crippen MR) is 90.3 cm³/mol. The van der Waals surface area contributed by atoms with E-state index in [1.54, 1.807) is 6.07 Å². The standard InChI is InChI=1S/C14H12Cl2N5S/c1-2-3-21-13-11(12(17)18-7-19-13)20-14(21)22-10-5-8(15)4-9(16)6-10/h2,4-7H,3H2,1H3,(H2,17,18,19). The molecule has 0 fully saturated rings. The fraction of sp³-hybridized carbons (Fsp3) is 0.143. The van der Waals surface area contributed by atoms with Gasteiger partial charge < -0.3 is 10.3 Å². The van der Waals surface area contributed by atoms with Gasteiger partial charge in [0, 0.05) is 21.5 Å². The van der Waals surface area contributed by atoms with E-state index >= 15 is 0 Å². The predicted octanol–water partition coefficient (Wildman–Crippen LogP) is 4.09. The van der Waals surface area contributed by atoms with Crippen molar-refractivity contribution >= 4 is 51.9 Å². The summed E-state index contributed by atoms with van der Waals surface area (Å²) in [7, 11) is 0. The van der Waals surface area contributed by atoms with Crippen LogP contribution in [0.25, 0.3) is 11.2 Å². The van der Waals surface area contributed by atoms with Gasteiger partial charge in [-0.25, -0.2) is 15.0 Å². The van der Waals surface area contributed by atoms with Crippen LogP contribution in [0.1, 0.15) is 6.92 Å². The molecule has 0 atom stereocenters. The van der Waals surface area contributed by atoms with Crippen molar-refractivity contribution in [3.05, 3.63) is 41.0 Å². The molecule has 0 saturated carbocycles. The van der Waals surface area contributed by atoms with Gasteiger partial charge in [0.1, 0.15) is 6.33 Å². The summed E-state index contributed by atoms with van der Waals surface area (Å²) in [5.41, 5.74) is 7.19. The number of nitrogens with two attached hydrogens (primary N) is 1. The van der Waals surface area contributed by atoms with Gasteiger partial charge in [-0.05, 0) is 24.6 Å². The van der Waals surface area contributed by atoms with Crippen molar-refractivity contribution in [2.24, 2.45) is 0 Å². The molecule has 0 bridgehead atoms. The fourth-order valence-corrected chi connectivity index (χ4v) is 3.70. The first-order valence-corrected chi connectivity index (χ1v) is 8.04. The quantitative estimate of drug-likeness (QED) is 0.765. The van der Waals surface area contributed by atoms with Crippen molar-refractivity contribution in [3.63, 3.8) is 0 Å². The average molecular weight is 353 g/mol. The average Bonchev–Trinajstić information content (AvgIpc) is 2.78. The summed E-state index contributed by atoms with van der Waals surface area (Å²) in [5, 5.41) is 1.93. The lowest BCUT2D eigenvalue weighted by Gasteiger charge is -2.07. The molecule has 3 aromatic rings. The Kier molecular flexibility index (Phi) is 4.42. The van der Waals surface area contributed by atoms with Gasteiger partial charge in [0.15, 0.2) is 22.1 Å². The molecule has 22 heavy (non-hydrogen) atoms. The molecule has 0 unspecified atom stereocenters. The van der Waals surface area contributed by atoms with E-state index in [1.807, 2.05) is 30.0 Å². The van der Waals surface area contributed by atoms with E-state index in [-0.39, 0.29) is 0 Å². The van der Waals surface area contributed by atoms with Crippen molar-refractivity contribution in [2.45, 2.75) is 23.5 Å². The molecule has 8 heteroatoms. The van der Waals surface area contributed by atoms with Crippen LogP contribution < -0.4 is 5.73 Å². The first-order valence-electron chi connectivity index (χ1n) is 6.47. The summed E-state index contributed by atoms with van der Waals surface area (Å²) in [5.74, 6) is 0.367. The lowest BCUT2D eigenvalue weighted by molar-refractivity contribution is 0.709. The molecule has 0 aliphatic carbocycles. The van der Waals surface area contributed by atoms with Crippen LogP contribution in [0.15, 0.2) is 34.6 Å². The maximum absolute atomic E-state index is 6.05. The monoisotopic (exact) mass is 352 g/mol. The van der Waals surface area contributed by atoms with E-state index in [0.717, 1.165) is 10.1 Å². The highest BCUT2D eigenvalue weighted by Crippen LogP contribution is 2.33. The van der Waals surface area contributed by atoms with Gasteiger partial charge >= 0.3 is 0 Å². The number of aromatic nitrogens is 4. The Bertz CT molecular complexity index is 813. The summed E-state index contributed by atoms with van der Waals surface area (Å²) in [6.07, 6.45) is 3.46. The number of nitrogens with zero attached hydrogens (tertiary/aromatic N) is 4. The van der Waals surface area contributed by atoms with E-state index in [1.165, 1.54) is 18.1 Å². The lowest BCUT2D eigenvalue weighted by Crippen LogP contribution is -2.01. The van der Waals surface area contributed by atoms with Crippen LogP contribution in [0.5, 0.6) is 0 Å². The topological polar surface area (TPSA) is 69.6 Å². The van der Waals surface area contributed by atoms with Gasteiger partial charge in [-0.2, -0.15) is 0 Å². The molecule has 1 radical (unpaired) electrons. The van der Waals surface area contributed by atoms with Crippen LogP contribution in [0.2, 0.25) is 10.0 Å². The third-order valence-corrected chi connectivity index (χ3v) is 4.34. The number of anilines is 1. The van der Waals surface area contributed by atoms with Crippen molar-refractivity contribution < 1.29 is 0 Å². The number of nitrogen functional groups attached to an aromatic ring is 1. The maximum atomic E-state index is 6.05. The summed E-state index contributed by atoms with van der Waals surface area (Å²) in [4.78, 5) is 13.7. The van der Waals surface area contributed by atoms with Crippen LogP contribution >= 0.6 is 35.0 Å². The molecule has 2 heterocycles. The Labute approximate surface area is 141 Å². The second-order valence-corrected chi connectivity index (χ2v) is 6.47. The van der Waals surface area contributed by atoms with Crippen molar-refractivity contribution in [1.82, 2.24) is 19.5 Å². The third-order valence-electron chi connectivity index (χ3n) is 2.94. The zero-order chi connectivity index (χ0) is 15.7. The molecule has 0 aliphatic rings. The number of hydrogen-bond donors (Lipinski definition) is 1. The number of halogens is 2. The molecule has 1 aromatic carbocycles. The van der Waals surface area contributed by atoms with Gasteiger partial charge in [-0.3, -0.25) is 0 Å². The Morgan fingerprint density at radius 3 is 2.64 bits per heavy atom. The molecule has 3 rings (SSSR count). The summed E-state index contributed by atoms with van der Waals surface area (Å²) < 4.78 is 1.98. The molecule has 2 aromatic heterocycles. The smallest absolute Gasteiger partial charge is 0.175 e. The Morgan fingerprint density at radius 1 is 1.23 bits per heavy atom. The zero-order valence-corrected chi connectivity index (χ0v) is 14.0. The van der Waals surface area contributed by atoms with E-state index < -0.39 is 0 Å². The lowest BCUT2D eigenvalue weighted by atomic mass is 10.4. The van der Waals surface area contributed by atoms with Crippen molar-refractivity contribution in [1.29, 1.82) is 0 Å². The highest BCUT2D eigenvalue weighted by atomic mass is 35.5. The Morgan fingerprint density at radius 2 is 1.95 bits per heavy atom. The second-order valence-electron chi connectivity index (χ2n) is 4.55.